The number of hydrogen-bond acceptors (Lipinski definition) is 4. The summed E-state index contributed by atoms with van der Waals surface area (Å²) in [5.74, 6) is -0.383. The van der Waals surface area contributed by atoms with Gasteiger partial charge in [-0.1, -0.05) is 42.5 Å². The quantitative estimate of drug-likeness (QED) is 0.790. The van der Waals surface area contributed by atoms with Crippen molar-refractivity contribution in [3.63, 3.8) is 0 Å². The molecule has 0 unspecified atom stereocenters. The Morgan fingerprint density at radius 2 is 1.84 bits per heavy atom. The van der Waals surface area contributed by atoms with Gasteiger partial charge >= 0.3 is 6.09 Å². The van der Waals surface area contributed by atoms with Crippen LogP contribution in [0.1, 0.15) is 23.4 Å². The molecule has 2 atom stereocenters. The summed E-state index contributed by atoms with van der Waals surface area (Å²) in [6, 6.07) is 17.0. The van der Waals surface area contributed by atoms with E-state index < -0.39 is 18.2 Å². The van der Waals surface area contributed by atoms with E-state index in [0.717, 1.165) is 11.3 Å². The van der Waals surface area contributed by atoms with Crippen LogP contribution in [0.25, 0.3) is 11.3 Å². The fourth-order valence-electron chi connectivity index (χ4n) is 2.90. The number of aromatic nitrogens is 2. The second kappa shape index (κ2) is 6.32. The minimum Gasteiger partial charge on any atom is -0.439 e. The van der Waals surface area contributed by atoms with Gasteiger partial charge in [0, 0.05) is 5.56 Å². The van der Waals surface area contributed by atoms with Crippen molar-refractivity contribution in [2.24, 2.45) is 0 Å². The van der Waals surface area contributed by atoms with Crippen LogP contribution >= 0.6 is 0 Å². The van der Waals surface area contributed by atoms with E-state index in [-0.39, 0.29) is 5.82 Å². The number of carbonyl (C=O) groups excluding carboxylic acids is 1. The van der Waals surface area contributed by atoms with Gasteiger partial charge in [-0.15, -0.1) is 0 Å². The lowest BCUT2D eigenvalue weighted by Gasteiger charge is -2.17. The molecular weight excluding hydrogens is 321 g/mol. The molecule has 1 aromatic heterocycles. The second-order valence-electron chi connectivity index (χ2n) is 5.70. The molecule has 0 radical (unpaired) electrons. The van der Waals surface area contributed by atoms with Gasteiger partial charge in [0.2, 0.25) is 0 Å². The molecule has 5 nitrogen and oxygen atoms in total. The molecule has 1 amide bonds. The van der Waals surface area contributed by atoms with Gasteiger partial charge in [-0.25, -0.2) is 19.2 Å². The summed E-state index contributed by atoms with van der Waals surface area (Å²) in [5, 5.41) is 2.74. The number of ether oxygens (including phenoxy) is 1. The highest BCUT2D eigenvalue weighted by molar-refractivity contribution is 5.71. The van der Waals surface area contributed by atoms with Crippen molar-refractivity contribution in [3.8, 4) is 11.3 Å². The van der Waals surface area contributed by atoms with E-state index in [2.05, 4.69) is 15.3 Å². The molecule has 1 N–H and O–H groups in total. The van der Waals surface area contributed by atoms with Crippen LogP contribution < -0.4 is 5.32 Å². The van der Waals surface area contributed by atoms with Crippen LogP contribution in [0.2, 0.25) is 0 Å². The maximum Gasteiger partial charge on any atom is 0.408 e. The number of rotatable bonds is 3. The molecule has 0 spiro atoms. The topological polar surface area (TPSA) is 64.1 Å². The monoisotopic (exact) mass is 335 g/mol. The number of hydrogen-bond donors (Lipinski definition) is 1. The molecule has 0 aliphatic carbocycles. The number of benzene rings is 2. The lowest BCUT2D eigenvalue weighted by Crippen LogP contribution is -2.20. The molecule has 0 bridgehead atoms. The van der Waals surface area contributed by atoms with E-state index in [1.807, 2.05) is 30.3 Å². The number of halogens is 1. The lowest BCUT2D eigenvalue weighted by molar-refractivity contribution is 0.131. The average Bonchev–Trinajstić information content (AvgIpc) is 3.04. The van der Waals surface area contributed by atoms with E-state index in [0.29, 0.717) is 11.3 Å². The number of nitrogens with zero attached hydrogens (tertiary/aromatic N) is 2. The van der Waals surface area contributed by atoms with Gasteiger partial charge < -0.3 is 10.1 Å². The van der Waals surface area contributed by atoms with E-state index >= 15 is 0 Å². The Hall–Kier alpha value is -3.28. The zero-order valence-corrected chi connectivity index (χ0v) is 13.1. The Labute approximate surface area is 143 Å². The Kier molecular flexibility index (Phi) is 3.85. The molecule has 2 aromatic carbocycles. The number of alkyl carbamates (subject to hydrolysis) is 1. The predicted molar refractivity (Wildman–Crippen MR) is 89.0 cm³/mol. The maximum atomic E-state index is 13.5. The summed E-state index contributed by atoms with van der Waals surface area (Å²) in [5.41, 5.74) is 2.86. The molecule has 1 aliphatic heterocycles. The molecular formula is C19H14FN3O2. The van der Waals surface area contributed by atoms with E-state index in [1.54, 1.807) is 18.2 Å². The lowest BCUT2D eigenvalue weighted by atomic mass is 9.99. The van der Waals surface area contributed by atoms with Crippen LogP contribution in [0.5, 0.6) is 0 Å². The van der Waals surface area contributed by atoms with Crippen molar-refractivity contribution in [1.29, 1.82) is 0 Å². The summed E-state index contributed by atoms with van der Waals surface area (Å²) in [6.45, 7) is 0. The molecule has 3 aromatic rings. The highest BCUT2D eigenvalue weighted by Gasteiger charge is 2.37. The molecule has 1 fully saturated rings. The Morgan fingerprint density at radius 3 is 2.64 bits per heavy atom. The third-order valence-corrected chi connectivity index (χ3v) is 4.06. The van der Waals surface area contributed by atoms with Gasteiger partial charge in [-0.3, -0.25) is 0 Å². The third-order valence-electron chi connectivity index (χ3n) is 4.06. The molecule has 124 valence electrons. The second-order valence-corrected chi connectivity index (χ2v) is 5.70. The van der Waals surface area contributed by atoms with Gasteiger partial charge in [0.25, 0.3) is 0 Å². The molecule has 25 heavy (non-hydrogen) atoms. The van der Waals surface area contributed by atoms with E-state index in [1.165, 1.54) is 18.5 Å². The summed E-state index contributed by atoms with van der Waals surface area (Å²) >= 11 is 0. The Bertz CT molecular complexity index is 917. The Balaban J connectivity index is 1.71. The van der Waals surface area contributed by atoms with Crippen LogP contribution in [-0.2, 0) is 4.74 Å². The first-order valence-electron chi connectivity index (χ1n) is 7.81. The van der Waals surface area contributed by atoms with Gasteiger partial charge in [0.1, 0.15) is 18.2 Å². The summed E-state index contributed by atoms with van der Waals surface area (Å²) in [4.78, 5) is 20.3. The van der Waals surface area contributed by atoms with Crippen molar-refractivity contribution >= 4 is 6.09 Å². The molecule has 6 heteroatoms. The van der Waals surface area contributed by atoms with Crippen LogP contribution in [0, 0.1) is 5.82 Å². The standard InChI is InChI=1S/C19H14FN3O2/c20-14-8-4-7-13(9-14)18-17(23-19(24)25-18)16-10-15(21-11-22-16)12-5-2-1-3-6-12/h1-11,17-18H,(H,23,24)/t17-,18-/m1/s1. The molecule has 1 saturated heterocycles. The SMILES string of the molecule is O=C1N[C@H](c2cc(-c3ccccc3)ncn2)[C@@H](c2cccc(F)c2)O1. The number of carbonyl (C=O) groups is 1. The van der Waals surface area contributed by atoms with Crippen molar-refractivity contribution in [2.75, 3.05) is 0 Å². The fraction of sp³-hybridized carbons (Fsp3) is 0.105. The number of cyclic esters (lactones) is 1. The predicted octanol–water partition coefficient (Wildman–Crippen LogP) is 3.80. The van der Waals surface area contributed by atoms with Crippen molar-refractivity contribution in [1.82, 2.24) is 15.3 Å². The minimum atomic E-state index is -0.651. The van der Waals surface area contributed by atoms with Crippen LogP contribution in [0.3, 0.4) is 0 Å². The highest BCUT2D eigenvalue weighted by atomic mass is 19.1. The van der Waals surface area contributed by atoms with Gasteiger partial charge in [-0.05, 0) is 23.8 Å². The Morgan fingerprint density at radius 1 is 1.00 bits per heavy atom. The third kappa shape index (κ3) is 3.06. The largest absolute Gasteiger partial charge is 0.439 e. The smallest absolute Gasteiger partial charge is 0.408 e. The van der Waals surface area contributed by atoms with Gasteiger partial charge in [0.15, 0.2) is 6.10 Å². The molecule has 0 saturated carbocycles. The summed E-state index contributed by atoms with van der Waals surface area (Å²) in [7, 11) is 0. The van der Waals surface area contributed by atoms with Gasteiger partial charge in [-0.2, -0.15) is 0 Å². The zero-order chi connectivity index (χ0) is 17.2. The van der Waals surface area contributed by atoms with Crippen molar-refractivity contribution in [2.45, 2.75) is 12.1 Å². The number of amides is 1. The van der Waals surface area contributed by atoms with Crippen molar-refractivity contribution < 1.29 is 13.9 Å². The van der Waals surface area contributed by atoms with Gasteiger partial charge in [0.05, 0.1) is 11.4 Å². The number of nitrogens with one attached hydrogen (secondary N) is 1. The average molecular weight is 335 g/mol. The molecule has 1 aliphatic rings. The first-order valence-corrected chi connectivity index (χ1v) is 7.81. The summed E-state index contributed by atoms with van der Waals surface area (Å²) < 4.78 is 18.9. The van der Waals surface area contributed by atoms with Crippen LogP contribution in [0.15, 0.2) is 67.0 Å². The maximum absolute atomic E-state index is 13.5. The fourth-order valence-corrected chi connectivity index (χ4v) is 2.90. The molecule has 2 heterocycles. The van der Waals surface area contributed by atoms with Crippen molar-refractivity contribution in [3.05, 3.63) is 84.1 Å². The van der Waals surface area contributed by atoms with Crippen LogP contribution in [0.4, 0.5) is 9.18 Å². The van der Waals surface area contributed by atoms with E-state index in [9.17, 15) is 9.18 Å². The van der Waals surface area contributed by atoms with E-state index in [4.69, 9.17) is 4.74 Å². The highest BCUT2D eigenvalue weighted by Crippen LogP contribution is 2.36. The normalized spacial score (nSPS) is 19.3. The first-order chi connectivity index (χ1) is 12.2. The minimum absolute atomic E-state index is 0.383. The summed E-state index contributed by atoms with van der Waals surface area (Å²) in [6.07, 6.45) is 0.242. The molecule has 4 rings (SSSR count). The van der Waals surface area contributed by atoms with Crippen LogP contribution in [-0.4, -0.2) is 16.1 Å². The zero-order valence-electron chi connectivity index (χ0n) is 13.1. The first kappa shape index (κ1) is 15.3.